The summed E-state index contributed by atoms with van der Waals surface area (Å²) < 4.78 is 12.4. The number of carbonyl (C=O) groups excluding carboxylic acids is 1. The summed E-state index contributed by atoms with van der Waals surface area (Å²) >= 11 is 0. The van der Waals surface area contributed by atoms with E-state index in [4.69, 9.17) is 14.1 Å². The molecule has 0 aliphatic rings. The number of hydrogen-bond donors (Lipinski definition) is 0. The van der Waals surface area contributed by atoms with Gasteiger partial charge in [0.15, 0.2) is 0 Å². The number of benzene rings is 2. The smallest absolute Gasteiger partial charge is 0.307 e. The Balaban J connectivity index is 1.74. The zero-order valence-corrected chi connectivity index (χ0v) is 18.6. The van der Waals surface area contributed by atoms with Crippen LogP contribution < -0.4 is 10.5 Å². The van der Waals surface area contributed by atoms with Gasteiger partial charge in [0.05, 0.1) is 36.7 Å². The number of aromatic nitrogens is 2. The highest BCUT2D eigenvalue weighted by Crippen LogP contribution is 2.19. The Hall–Kier alpha value is -3.87. The van der Waals surface area contributed by atoms with Crippen LogP contribution in [0.5, 0.6) is 0 Å². The molecule has 0 aliphatic carbocycles. The van der Waals surface area contributed by atoms with E-state index < -0.39 is 0 Å². The third-order valence-electron chi connectivity index (χ3n) is 5.41. The average Bonchev–Trinajstić information content (AvgIpc) is 3.35. The topological polar surface area (TPSA) is 77.6 Å². The van der Waals surface area contributed by atoms with Crippen molar-refractivity contribution in [2.75, 3.05) is 18.1 Å². The van der Waals surface area contributed by atoms with E-state index in [-0.39, 0.29) is 17.9 Å². The molecule has 0 saturated heterocycles. The molecule has 0 amide bonds. The van der Waals surface area contributed by atoms with Crippen molar-refractivity contribution in [3.05, 3.63) is 94.7 Å². The van der Waals surface area contributed by atoms with E-state index in [1.807, 2.05) is 65.6 Å². The Kier molecular flexibility index (Phi) is 7.19. The van der Waals surface area contributed by atoms with Crippen LogP contribution in [0.15, 0.2) is 82.2 Å². The highest BCUT2D eigenvalue weighted by atomic mass is 16.5. The average molecular weight is 446 g/mol. The lowest BCUT2D eigenvalue weighted by atomic mass is 10.1. The maximum Gasteiger partial charge on any atom is 0.307 e. The lowest BCUT2D eigenvalue weighted by molar-refractivity contribution is -0.142. The molecule has 0 fully saturated rings. The Morgan fingerprint density at radius 3 is 2.61 bits per heavy atom. The molecular formula is C26H27N3O4. The van der Waals surface area contributed by atoms with Gasteiger partial charge in [-0.25, -0.2) is 4.98 Å². The predicted octanol–water partition coefficient (Wildman–Crippen LogP) is 4.19. The van der Waals surface area contributed by atoms with E-state index in [0.717, 1.165) is 11.3 Å². The summed E-state index contributed by atoms with van der Waals surface area (Å²) in [6.45, 7) is 3.29. The molecule has 170 valence electrons. The molecule has 0 unspecified atom stereocenters. The van der Waals surface area contributed by atoms with Gasteiger partial charge >= 0.3 is 5.97 Å². The van der Waals surface area contributed by atoms with Gasteiger partial charge in [0.2, 0.25) is 5.95 Å². The first-order chi connectivity index (χ1) is 16.2. The van der Waals surface area contributed by atoms with Gasteiger partial charge in [0, 0.05) is 13.1 Å². The number of hydrogen-bond acceptors (Lipinski definition) is 6. The van der Waals surface area contributed by atoms with Crippen LogP contribution in [0.1, 0.15) is 24.7 Å². The summed E-state index contributed by atoms with van der Waals surface area (Å²) in [6.07, 6.45) is 2.46. The van der Waals surface area contributed by atoms with Crippen LogP contribution >= 0.6 is 0 Å². The summed E-state index contributed by atoms with van der Waals surface area (Å²) in [5.74, 6) is 0.937. The van der Waals surface area contributed by atoms with Crippen LogP contribution in [0, 0.1) is 0 Å². The normalized spacial score (nSPS) is 10.9. The third-order valence-corrected chi connectivity index (χ3v) is 5.41. The van der Waals surface area contributed by atoms with Crippen molar-refractivity contribution in [1.29, 1.82) is 0 Å². The van der Waals surface area contributed by atoms with Crippen molar-refractivity contribution in [1.82, 2.24) is 9.55 Å². The number of fused-ring (bicyclic) bond motifs is 1. The van der Waals surface area contributed by atoms with Crippen molar-refractivity contribution in [2.24, 2.45) is 0 Å². The lowest BCUT2D eigenvalue weighted by Gasteiger charge is -2.26. The van der Waals surface area contributed by atoms with Crippen molar-refractivity contribution in [3.8, 4) is 0 Å². The second-order valence-corrected chi connectivity index (χ2v) is 7.68. The van der Waals surface area contributed by atoms with E-state index in [0.29, 0.717) is 49.5 Å². The van der Waals surface area contributed by atoms with Gasteiger partial charge in [-0.2, -0.15) is 0 Å². The molecule has 2 heterocycles. The van der Waals surface area contributed by atoms with Gasteiger partial charge in [0.25, 0.3) is 5.56 Å². The van der Waals surface area contributed by atoms with E-state index >= 15 is 0 Å². The highest BCUT2D eigenvalue weighted by molar-refractivity contribution is 5.78. The SMILES string of the molecule is CCOC(=O)CCN(Cc1ccco1)c1nc2ccccc2c(=O)n1CCc1ccccc1. The molecule has 0 aliphatic heterocycles. The fourth-order valence-corrected chi connectivity index (χ4v) is 3.78. The first-order valence-corrected chi connectivity index (χ1v) is 11.1. The number of nitrogens with zero attached hydrogens (tertiary/aromatic N) is 3. The van der Waals surface area contributed by atoms with E-state index in [1.54, 1.807) is 23.8 Å². The Bertz CT molecular complexity index is 1250. The second kappa shape index (κ2) is 10.6. The van der Waals surface area contributed by atoms with Gasteiger partial charge in [-0.1, -0.05) is 42.5 Å². The lowest BCUT2D eigenvalue weighted by Crippen LogP contribution is -2.34. The molecule has 0 bridgehead atoms. The predicted molar refractivity (Wildman–Crippen MR) is 127 cm³/mol. The van der Waals surface area contributed by atoms with Crippen LogP contribution in [0.25, 0.3) is 10.9 Å². The Morgan fingerprint density at radius 1 is 1.06 bits per heavy atom. The van der Waals surface area contributed by atoms with E-state index in [2.05, 4.69) is 0 Å². The molecule has 0 N–H and O–H groups in total. The van der Waals surface area contributed by atoms with Gasteiger partial charge in [-0.15, -0.1) is 0 Å². The summed E-state index contributed by atoms with van der Waals surface area (Å²) in [7, 11) is 0. The molecule has 0 atom stereocenters. The molecule has 0 radical (unpaired) electrons. The number of carbonyl (C=O) groups is 1. The van der Waals surface area contributed by atoms with Crippen molar-refractivity contribution in [3.63, 3.8) is 0 Å². The quantitative estimate of drug-likeness (QED) is 0.341. The Morgan fingerprint density at radius 2 is 1.85 bits per heavy atom. The number of furan rings is 1. The maximum atomic E-state index is 13.5. The van der Waals surface area contributed by atoms with Crippen LogP contribution in [-0.4, -0.2) is 28.7 Å². The van der Waals surface area contributed by atoms with E-state index in [1.165, 1.54) is 0 Å². The van der Waals surface area contributed by atoms with Crippen molar-refractivity contribution < 1.29 is 13.9 Å². The van der Waals surface area contributed by atoms with Crippen LogP contribution in [0.3, 0.4) is 0 Å². The summed E-state index contributed by atoms with van der Waals surface area (Å²) in [4.78, 5) is 32.4. The van der Waals surface area contributed by atoms with Crippen molar-refractivity contribution >= 4 is 22.8 Å². The molecular weight excluding hydrogens is 418 g/mol. The first-order valence-electron chi connectivity index (χ1n) is 11.1. The first kappa shape index (κ1) is 22.3. The van der Waals surface area contributed by atoms with E-state index in [9.17, 15) is 9.59 Å². The molecule has 4 rings (SSSR count). The van der Waals surface area contributed by atoms with Gasteiger partial charge in [0.1, 0.15) is 5.76 Å². The molecule has 0 saturated carbocycles. The zero-order valence-electron chi connectivity index (χ0n) is 18.6. The summed E-state index contributed by atoms with van der Waals surface area (Å²) in [6, 6.07) is 21.0. The molecule has 7 heteroatoms. The fraction of sp³-hybridized carbons (Fsp3) is 0.269. The zero-order chi connectivity index (χ0) is 23.0. The minimum Gasteiger partial charge on any atom is -0.467 e. The Labute approximate surface area is 192 Å². The fourth-order valence-electron chi connectivity index (χ4n) is 3.78. The van der Waals surface area contributed by atoms with Crippen molar-refractivity contribution in [2.45, 2.75) is 32.9 Å². The standard InChI is InChI=1S/C26H27N3O4/c1-2-32-24(30)15-16-28(19-21-11-8-18-33-21)26-27-23-13-7-6-12-22(23)25(31)29(26)17-14-20-9-4-3-5-10-20/h3-13,18H,2,14-17,19H2,1H3. The highest BCUT2D eigenvalue weighted by Gasteiger charge is 2.20. The number of aryl methyl sites for hydroxylation is 1. The summed E-state index contributed by atoms with van der Waals surface area (Å²) in [5, 5.41) is 0.567. The monoisotopic (exact) mass is 445 g/mol. The number of anilines is 1. The largest absolute Gasteiger partial charge is 0.467 e. The second-order valence-electron chi connectivity index (χ2n) is 7.68. The minimum absolute atomic E-state index is 0.105. The van der Waals surface area contributed by atoms with Gasteiger partial charge in [-0.05, 0) is 43.2 Å². The maximum absolute atomic E-state index is 13.5. The number of esters is 1. The minimum atomic E-state index is -0.291. The molecule has 7 nitrogen and oxygen atoms in total. The molecule has 2 aromatic heterocycles. The van der Waals surface area contributed by atoms with Crippen LogP contribution in [-0.2, 0) is 29.0 Å². The van der Waals surface area contributed by atoms with Gasteiger partial charge in [-0.3, -0.25) is 14.2 Å². The van der Waals surface area contributed by atoms with Crippen LogP contribution in [0.4, 0.5) is 5.95 Å². The number of para-hydroxylation sites is 1. The summed E-state index contributed by atoms with van der Waals surface area (Å²) in [5.41, 5.74) is 1.65. The number of rotatable bonds is 10. The molecule has 33 heavy (non-hydrogen) atoms. The van der Waals surface area contributed by atoms with Crippen LogP contribution in [0.2, 0.25) is 0 Å². The molecule has 4 aromatic rings. The number of ether oxygens (including phenoxy) is 1. The molecule has 2 aromatic carbocycles. The third kappa shape index (κ3) is 5.49. The molecule has 0 spiro atoms. The van der Waals surface area contributed by atoms with Gasteiger partial charge < -0.3 is 14.1 Å².